The highest BCUT2D eigenvalue weighted by Gasteiger charge is 2.06. The van der Waals surface area contributed by atoms with E-state index in [4.69, 9.17) is 9.84 Å². The van der Waals surface area contributed by atoms with Crippen molar-refractivity contribution in [3.8, 4) is 0 Å². The Balaban J connectivity index is 2.52. The first-order chi connectivity index (χ1) is 7.67. The van der Waals surface area contributed by atoms with E-state index in [-0.39, 0.29) is 11.8 Å². The molecule has 88 valence electrons. The quantitative estimate of drug-likeness (QED) is 0.751. The molecule has 1 heterocycles. The van der Waals surface area contributed by atoms with E-state index in [2.05, 4.69) is 15.3 Å². The number of anilines is 1. The Morgan fingerprint density at radius 2 is 2.31 bits per heavy atom. The van der Waals surface area contributed by atoms with Crippen LogP contribution in [0.2, 0.25) is 0 Å². The third-order valence-electron chi connectivity index (χ3n) is 2.17. The van der Waals surface area contributed by atoms with Crippen LogP contribution in [0.15, 0.2) is 12.4 Å². The summed E-state index contributed by atoms with van der Waals surface area (Å²) < 4.78 is 5.18. The molecule has 1 rings (SSSR count). The highest BCUT2D eigenvalue weighted by Crippen LogP contribution is 2.03. The molecule has 1 unspecified atom stereocenters. The molecule has 0 aromatic carbocycles. The summed E-state index contributed by atoms with van der Waals surface area (Å²) in [5.74, 6) is -0.539. The summed E-state index contributed by atoms with van der Waals surface area (Å²) in [6, 6.07) is 0. The van der Waals surface area contributed by atoms with Gasteiger partial charge in [0.05, 0.1) is 18.5 Å². The van der Waals surface area contributed by atoms with Gasteiger partial charge < -0.3 is 15.2 Å². The van der Waals surface area contributed by atoms with Crippen molar-refractivity contribution < 1.29 is 14.6 Å². The van der Waals surface area contributed by atoms with Gasteiger partial charge in [0, 0.05) is 13.7 Å². The van der Waals surface area contributed by atoms with Crippen LogP contribution in [0.5, 0.6) is 0 Å². The number of carboxylic acids is 1. The Hall–Kier alpha value is -1.69. The third kappa shape index (κ3) is 3.47. The maximum Gasteiger partial charge on any atom is 0.356 e. The van der Waals surface area contributed by atoms with Crippen molar-refractivity contribution in [2.75, 3.05) is 19.0 Å². The molecule has 6 nitrogen and oxygen atoms in total. The molecule has 0 radical (unpaired) electrons. The van der Waals surface area contributed by atoms with Crippen molar-refractivity contribution in [3.63, 3.8) is 0 Å². The van der Waals surface area contributed by atoms with Gasteiger partial charge in [-0.1, -0.05) is 6.92 Å². The highest BCUT2D eigenvalue weighted by molar-refractivity contribution is 5.84. The summed E-state index contributed by atoms with van der Waals surface area (Å²) in [6.07, 6.45) is 3.62. The fourth-order valence-electron chi connectivity index (χ4n) is 1.14. The van der Waals surface area contributed by atoms with E-state index in [0.717, 1.165) is 6.42 Å². The molecule has 6 heteroatoms. The minimum absolute atomic E-state index is 0.0654. The van der Waals surface area contributed by atoms with Crippen LogP contribution >= 0.6 is 0 Å². The molecular formula is C10H15N3O3. The number of hydrogen-bond acceptors (Lipinski definition) is 5. The number of rotatable bonds is 6. The molecule has 0 saturated carbocycles. The van der Waals surface area contributed by atoms with Gasteiger partial charge >= 0.3 is 5.97 Å². The number of nitrogens with one attached hydrogen (secondary N) is 1. The van der Waals surface area contributed by atoms with Gasteiger partial charge in [0.15, 0.2) is 5.69 Å². The topological polar surface area (TPSA) is 84.3 Å². The first kappa shape index (κ1) is 12.4. The van der Waals surface area contributed by atoms with Gasteiger partial charge in [-0.15, -0.1) is 0 Å². The number of carboxylic acid groups (broad SMARTS) is 1. The van der Waals surface area contributed by atoms with Crippen molar-refractivity contribution in [1.82, 2.24) is 9.97 Å². The van der Waals surface area contributed by atoms with E-state index >= 15 is 0 Å². The van der Waals surface area contributed by atoms with Crippen molar-refractivity contribution in [2.45, 2.75) is 19.4 Å². The van der Waals surface area contributed by atoms with Crippen LogP contribution in [0.3, 0.4) is 0 Å². The maximum atomic E-state index is 10.5. The van der Waals surface area contributed by atoms with E-state index < -0.39 is 5.97 Å². The van der Waals surface area contributed by atoms with Crippen LogP contribution in [0.25, 0.3) is 0 Å². The number of methoxy groups -OCH3 is 1. The Morgan fingerprint density at radius 1 is 1.56 bits per heavy atom. The summed E-state index contributed by atoms with van der Waals surface area (Å²) in [6.45, 7) is 2.64. The number of aromatic carboxylic acids is 1. The second-order valence-corrected chi connectivity index (χ2v) is 3.24. The third-order valence-corrected chi connectivity index (χ3v) is 2.17. The maximum absolute atomic E-state index is 10.5. The summed E-state index contributed by atoms with van der Waals surface area (Å²) in [4.78, 5) is 18.2. The number of ether oxygens (including phenoxy) is 1. The van der Waals surface area contributed by atoms with Crippen LogP contribution < -0.4 is 5.32 Å². The largest absolute Gasteiger partial charge is 0.476 e. The van der Waals surface area contributed by atoms with E-state index in [9.17, 15) is 4.79 Å². The number of carbonyl (C=O) groups is 1. The Morgan fingerprint density at radius 3 is 2.75 bits per heavy atom. The monoisotopic (exact) mass is 225 g/mol. The van der Waals surface area contributed by atoms with Gasteiger partial charge in [-0.25, -0.2) is 14.8 Å². The van der Waals surface area contributed by atoms with Crippen LogP contribution in [-0.2, 0) is 4.74 Å². The Bertz CT molecular complexity index is 336. The van der Waals surface area contributed by atoms with Crippen molar-refractivity contribution >= 4 is 11.8 Å². The smallest absolute Gasteiger partial charge is 0.356 e. The van der Waals surface area contributed by atoms with E-state index in [1.165, 1.54) is 12.4 Å². The molecule has 1 atom stereocenters. The Labute approximate surface area is 93.7 Å². The van der Waals surface area contributed by atoms with Crippen LogP contribution in [0.4, 0.5) is 5.82 Å². The molecule has 0 aliphatic rings. The molecule has 2 N–H and O–H groups in total. The lowest BCUT2D eigenvalue weighted by molar-refractivity contribution is 0.0690. The molecule has 0 bridgehead atoms. The van der Waals surface area contributed by atoms with Gasteiger partial charge in [0.1, 0.15) is 5.82 Å². The lowest BCUT2D eigenvalue weighted by Gasteiger charge is -2.13. The highest BCUT2D eigenvalue weighted by atomic mass is 16.5. The number of aromatic nitrogens is 2. The summed E-state index contributed by atoms with van der Waals surface area (Å²) >= 11 is 0. The van der Waals surface area contributed by atoms with E-state index in [1.807, 2.05) is 6.92 Å². The molecular weight excluding hydrogens is 210 g/mol. The molecule has 1 aromatic rings. The average Bonchev–Trinajstić information content (AvgIpc) is 2.31. The lowest BCUT2D eigenvalue weighted by Crippen LogP contribution is -2.21. The van der Waals surface area contributed by atoms with Crippen molar-refractivity contribution in [2.24, 2.45) is 0 Å². The predicted molar refractivity (Wildman–Crippen MR) is 58.6 cm³/mol. The van der Waals surface area contributed by atoms with Crippen LogP contribution in [0, 0.1) is 0 Å². The summed E-state index contributed by atoms with van der Waals surface area (Å²) in [5, 5.41) is 11.6. The minimum atomic E-state index is -1.08. The molecule has 16 heavy (non-hydrogen) atoms. The summed E-state index contributed by atoms with van der Waals surface area (Å²) in [5.41, 5.74) is -0.0654. The van der Waals surface area contributed by atoms with Gasteiger partial charge in [-0.05, 0) is 6.42 Å². The standard InChI is InChI=1S/C10H15N3O3/c1-3-7(16-2)4-12-9-6-11-8(5-13-9)10(14)15/h5-7H,3-4H2,1-2H3,(H,12,13)(H,14,15). The second kappa shape index (κ2) is 6.02. The fourth-order valence-corrected chi connectivity index (χ4v) is 1.14. The Kier molecular flexibility index (Phi) is 4.65. The molecule has 1 aromatic heterocycles. The number of nitrogens with zero attached hydrogens (tertiary/aromatic N) is 2. The molecule has 0 saturated heterocycles. The number of hydrogen-bond donors (Lipinski definition) is 2. The zero-order chi connectivity index (χ0) is 12.0. The predicted octanol–water partition coefficient (Wildman–Crippen LogP) is 1.01. The minimum Gasteiger partial charge on any atom is -0.476 e. The zero-order valence-electron chi connectivity index (χ0n) is 9.30. The van der Waals surface area contributed by atoms with Gasteiger partial charge in [-0.3, -0.25) is 0 Å². The first-order valence-electron chi connectivity index (χ1n) is 4.99. The van der Waals surface area contributed by atoms with Crippen LogP contribution in [-0.4, -0.2) is 40.8 Å². The van der Waals surface area contributed by atoms with Crippen LogP contribution in [0.1, 0.15) is 23.8 Å². The van der Waals surface area contributed by atoms with Crippen molar-refractivity contribution in [1.29, 1.82) is 0 Å². The molecule has 0 spiro atoms. The van der Waals surface area contributed by atoms with E-state index in [0.29, 0.717) is 12.4 Å². The second-order valence-electron chi connectivity index (χ2n) is 3.24. The summed E-state index contributed by atoms with van der Waals surface area (Å²) in [7, 11) is 1.65. The van der Waals surface area contributed by atoms with E-state index in [1.54, 1.807) is 7.11 Å². The van der Waals surface area contributed by atoms with Gasteiger partial charge in [0.2, 0.25) is 0 Å². The first-order valence-corrected chi connectivity index (χ1v) is 4.99. The normalized spacial score (nSPS) is 12.1. The average molecular weight is 225 g/mol. The fraction of sp³-hybridized carbons (Fsp3) is 0.500. The van der Waals surface area contributed by atoms with Gasteiger partial charge in [-0.2, -0.15) is 0 Å². The SMILES string of the molecule is CCC(CNc1cnc(C(=O)O)cn1)OC. The molecule has 0 aliphatic carbocycles. The molecule has 0 aliphatic heterocycles. The lowest BCUT2D eigenvalue weighted by atomic mass is 10.3. The molecule has 0 amide bonds. The zero-order valence-corrected chi connectivity index (χ0v) is 9.30. The van der Waals surface area contributed by atoms with Gasteiger partial charge in [0.25, 0.3) is 0 Å². The molecule has 0 fully saturated rings. The van der Waals surface area contributed by atoms with Crippen molar-refractivity contribution in [3.05, 3.63) is 18.1 Å².